The summed E-state index contributed by atoms with van der Waals surface area (Å²) in [6.07, 6.45) is 1.86. The number of halogens is 4. The van der Waals surface area contributed by atoms with Crippen LogP contribution in [0.15, 0.2) is 49.1 Å². The lowest BCUT2D eigenvalue weighted by Crippen LogP contribution is -2.55. The Hall–Kier alpha value is -3.50. The molecule has 3 aromatic heterocycles. The van der Waals surface area contributed by atoms with Crippen LogP contribution in [0.1, 0.15) is 41.0 Å². The summed E-state index contributed by atoms with van der Waals surface area (Å²) in [4.78, 5) is 29.1. The zero-order valence-corrected chi connectivity index (χ0v) is 19.0. The van der Waals surface area contributed by atoms with Crippen molar-refractivity contribution in [2.75, 3.05) is 18.0 Å². The molecule has 11 heteroatoms. The van der Waals surface area contributed by atoms with Crippen molar-refractivity contribution >= 4 is 11.7 Å². The molecule has 0 N–H and O–H groups in total. The largest absolute Gasteiger partial charge is 0.417 e. The molecule has 1 aliphatic heterocycles. The van der Waals surface area contributed by atoms with Gasteiger partial charge in [0, 0.05) is 37.4 Å². The van der Waals surface area contributed by atoms with Crippen LogP contribution < -0.4 is 4.90 Å². The second-order valence-electron chi connectivity index (χ2n) is 8.91. The van der Waals surface area contributed by atoms with Crippen molar-refractivity contribution in [2.45, 2.75) is 50.6 Å². The van der Waals surface area contributed by atoms with E-state index in [1.807, 2.05) is 6.92 Å². The average molecular weight is 488 g/mol. The Morgan fingerprint density at radius 3 is 2.31 bits per heavy atom. The average Bonchev–Trinajstić information content (AvgIpc) is 3.59. The van der Waals surface area contributed by atoms with Crippen LogP contribution >= 0.6 is 0 Å². The first-order valence-corrected chi connectivity index (χ1v) is 11.4. The zero-order valence-electron chi connectivity index (χ0n) is 19.0. The lowest BCUT2D eigenvalue weighted by molar-refractivity contribution is -0.137. The summed E-state index contributed by atoms with van der Waals surface area (Å²) >= 11 is 0. The summed E-state index contributed by atoms with van der Waals surface area (Å²) in [7, 11) is 0. The van der Waals surface area contributed by atoms with Gasteiger partial charge in [0.05, 0.1) is 23.7 Å². The number of piperidine rings is 1. The van der Waals surface area contributed by atoms with E-state index in [1.165, 1.54) is 12.3 Å². The standard InChI is InChI=1S/C24H24F4N6O/c1-15-29-9-11-33(15)22-6-2-16(12-30-22)23(35)34(18-4-5-18)20-8-10-32(14-19(20)25)21-7-3-17(13-31-21)24(26,27)28/h2-3,6-7,9,11-13,18-20H,4-5,8,10,14H2,1H3/t19-,20+/m1/s1. The van der Waals surface area contributed by atoms with Gasteiger partial charge in [-0.05, 0) is 50.5 Å². The molecule has 0 radical (unpaired) electrons. The molecule has 35 heavy (non-hydrogen) atoms. The third-order valence-electron chi connectivity index (χ3n) is 6.51. The summed E-state index contributed by atoms with van der Waals surface area (Å²) in [5.74, 6) is 1.43. The van der Waals surface area contributed by atoms with Crippen LogP contribution in [0.5, 0.6) is 0 Å². The maximum atomic E-state index is 15.4. The Morgan fingerprint density at radius 2 is 1.77 bits per heavy atom. The van der Waals surface area contributed by atoms with E-state index in [0.29, 0.717) is 24.3 Å². The molecule has 3 aromatic rings. The number of hydrogen-bond acceptors (Lipinski definition) is 5. The highest BCUT2D eigenvalue weighted by atomic mass is 19.4. The molecule has 2 atom stereocenters. The molecule has 4 heterocycles. The molecule has 0 spiro atoms. The highest BCUT2D eigenvalue weighted by Crippen LogP contribution is 2.35. The first-order chi connectivity index (χ1) is 16.7. The van der Waals surface area contributed by atoms with Crippen LogP contribution in [0.2, 0.25) is 0 Å². The number of amides is 1. The van der Waals surface area contributed by atoms with Crippen molar-refractivity contribution in [3.63, 3.8) is 0 Å². The highest BCUT2D eigenvalue weighted by molar-refractivity contribution is 5.94. The maximum absolute atomic E-state index is 15.4. The molecule has 1 aliphatic carbocycles. The van der Waals surface area contributed by atoms with Gasteiger partial charge in [0.2, 0.25) is 0 Å². The Morgan fingerprint density at radius 1 is 1.03 bits per heavy atom. The number of carbonyl (C=O) groups excluding carboxylic acids is 1. The van der Waals surface area contributed by atoms with E-state index in [9.17, 15) is 18.0 Å². The molecular weight excluding hydrogens is 464 g/mol. The number of imidazole rings is 1. The topological polar surface area (TPSA) is 67.2 Å². The molecular formula is C24H24F4N6O. The molecule has 0 aromatic carbocycles. The van der Waals surface area contributed by atoms with Gasteiger partial charge in [-0.1, -0.05) is 0 Å². The number of nitrogens with zero attached hydrogens (tertiary/aromatic N) is 6. The van der Waals surface area contributed by atoms with E-state index in [2.05, 4.69) is 15.0 Å². The Balaban J connectivity index is 1.29. The number of alkyl halides is 4. The number of anilines is 1. The summed E-state index contributed by atoms with van der Waals surface area (Å²) in [6, 6.07) is 5.00. The lowest BCUT2D eigenvalue weighted by Gasteiger charge is -2.41. The lowest BCUT2D eigenvalue weighted by atomic mass is 9.99. The number of carbonyl (C=O) groups is 1. The zero-order chi connectivity index (χ0) is 24.7. The predicted octanol–water partition coefficient (Wildman–Crippen LogP) is 4.21. The van der Waals surface area contributed by atoms with Gasteiger partial charge in [0.1, 0.15) is 23.6 Å². The molecule has 184 valence electrons. The third-order valence-corrected chi connectivity index (χ3v) is 6.51. The van der Waals surface area contributed by atoms with E-state index < -0.39 is 24.0 Å². The van der Waals surface area contributed by atoms with Crippen molar-refractivity contribution in [3.05, 3.63) is 66.0 Å². The van der Waals surface area contributed by atoms with Crippen LogP contribution in [-0.4, -0.2) is 61.7 Å². The van der Waals surface area contributed by atoms with Crippen molar-refractivity contribution in [3.8, 4) is 5.82 Å². The second kappa shape index (κ2) is 8.94. The Kier molecular flexibility index (Phi) is 5.94. The molecule has 0 unspecified atom stereocenters. The number of aromatic nitrogens is 4. The number of pyridine rings is 2. The van der Waals surface area contributed by atoms with Crippen molar-refractivity contribution in [1.82, 2.24) is 24.4 Å². The summed E-state index contributed by atoms with van der Waals surface area (Å²) in [6.45, 7) is 2.19. The summed E-state index contributed by atoms with van der Waals surface area (Å²) in [5, 5.41) is 0. The minimum Gasteiger partial charge on any atom is -0.354 e. The Labute approximate surface area is 199 Å². The SMILES string of the molecule is Cc1nccn1-c1ccc(C(=O)N(C2CC2)[C@H]2CCN(c3ccc(C(F)(F)F)cn3)C[C@H]2F)cn1. The molecule has 1 amide bonds. The fraction of sp³-hybridized carbons (Fsp3) is 0.417. The van der Waals surface area contributed by atoms with E-state index >= 15 is 4.39 Å². The number of aryl methyl sites for hydroxylation is 1. The highest BCUT2D eigenvalue weighted by Gasteiger charge is 2.43. The number of rotatable bonds is 5. The van der Waals surface area contributed by atoms with Gasteiger partial charge in [0.15, 0.2) is 0 Å². The summed E-state index contributed by atoms with van der Waals surface area (Å²) < 4.78 is 55.6. The minimum atomic E-state index is -4.48. The quantitative estimate of drug-likeness (QED) is 0.504. The van der Waals surface area contributed by atoms with Gasteiger partial charge >= 0.3 is 6.18 Å². The Bertz CT molecular complexity index is 1190. The van der Waals surface area contributed by atoms with Crippen LogP contribution in [0.4, 0.5) is 23.4 Å². The van der Waals surface area contributed by atoms with Crippen molar-refractivity contribution in [2.24, 2.45) is 0 Å². The molecule has 2 aliphatic rings. The van der Waals surface area contributed by atoms with Gasteiger partial charge in [-0.3, -0.25) is 9.36 Å². The third kappa shape index (κ3) is 4.71. The van der Waals surface area contributed by atoms with E-state index in [0.717, 1.165) is 30.9 Å². The molecule has 5 rings (SSSR count). The van der Waals surface area contributed by atoms with Crippen molar-refractivity contribution in [1.29, 1.82) is 0 Å². The van der Waals surface area contributed by atoms with E-state index in [1.54, 1.807) is 38.9 Å². The van der Waals surface area contributed by atoms with Gasteiger partial charge in [-0.15, -0.1) is 0 Å². The fourth-order valence-electron chi connectivity index (χ4n) is 4.52. The molecule has 7 nitrogen and oxygen atoms in total. The van der Waals surface area contributed by atoms with Gasteiger partial charge in [-0.25, -0.2) is 19.3 Å². The second-order valence-corrected chi connectivity index (χ2v) is 8.91. The molecule has 1 saturated carbocycles. The van der Waals surface area contributed by atoms with Crippen molar-refractivity contribution < 1.29 is 22.4 Å². The maximum Gasteiger partial charge on any atom is 0.417 e. The first kappa shape index (κ1) is 23.3. The molecule has 2 fully saturated rings. The molecule has 1 saturated heterocycles. The predicted molar refractivity (Wildman–Crippen MR) is 120 cm³/mol. The van der Waals surface area contributed by atoms with Crippen LogP contribution in [0, 0.1) is 6.92 Å². The molecule has 0 bridgehead atoms. The smallest absolute Gasteiger partial charge is 0.354 e. The van der Waals surface area contributed by atoms with Gasteiger partial charge in [-0.2, -0.15) is 13.2 Å². The fourth-order valence-corrected chi connectivity index (χ4v) is 4.52. The van der Waals surface area contributed by atoms with E-state index in [4.69, 9.17) is 0 Å². The van der Waals surface area contributed by atoms with Crippen LogP contribution in [0.25, 0.3) is 5.82 Å². The minimum absolute atomic E-state index is 0.0166. The number of hydrogen-bond donors (Lipinski definition) is 0. The van der Waals surface area contributed by atoms with E-state index in [-0.39, 0.29) is 24.3 Å². The monoisotopic (exact) mass is 488 g/mol. The van der Waals surface area contributed by atoms with Crippen LogP contribution in [-0.2, 0) is 6.18 Å². The summed E-state index contributed by atoms with van der Waals surface area (Å²) in [5.41, 5.74) is -0.460. The normalized spacial score (nSPS) is 20.7. The van der Waals surface area contributed by atoms with Crippen LogP contribution in [0.3, 0.4) is 0 Å². The van der Waals surface area contributed by atoms with Gasteiger partial charge < -0.3 is 9.80 Å². The first-order valence-electron chi connectivity index (χ1n) is 11.4. The van der Waals surface area contributed by atoms with Gasteiger partial charge in [0.25, 0.3) is 5.91 Å².